The zero-order chi connectivity index (χ0) is 22.8. The summed E-state index contributed by atoms with van der Waals surface area (Å²) in [6.45, 7) is 0.775. The summed E-state index contributed by atoms with van der Waals surface area (Å²) in [4.78, 5) is 31.1. The van der Waals surface area contributed by atoms with E-state index in [9.17, 15) is 9.59 Å². The van der Waals surface area contributed by atoms with Crippen molar-refractivity contribution in [1.29, 1.82) is 0 Å². The standard InChI is InChI=1S/C26H19ClN2O2S2/c27-21-9-3-1-6-18(21)16-29-22-14-17(25(30)28-15-19-7-5-13-32-19)11-12-24(22)33-23-10-4-2-8-20(23)26(29)31/h1-14H,15-16H2,(H,28,30). The normalized spacial score (nSPS) is 12.6. The topological polar surface area (TPSA) is 49.4 Å². The minimum Gasteiger partial charge on any atom is -0.347 e. The van der Waals surface area contributed by atoms with Crippen LogP contribution in [0.5, 0.6) is 0 Å². The molecule has 1 N–H and O–H groups in total. The number of halogens is 1. The second-order valence-electron chi connectivity index (χ2n) is 7.53. The molecule has 4 nitrogen and oxygen atoms in total. The van der Waals surface area contributed by atoms with Crippen molar-refractivity contribution in [1.82, 2.24) is 5.32 Å². The van der Waals surface area contributed by atoms with Crippen LogP contribution in [0.25, 0.3) is 0 Å². The minimum absolute atomic E-state index is 0.118. The zero-order valence-corrected chi connectivity index (χ0v) is 19.8. The van der Waals surface area contributed by atoms with Crippen LogP contribution in [0, 0.1) is 0 Å². The van der Waals surface area contributed by atoms with Crippen LogP contribution < -0.4 is 10.2 Å². The van der Waals surface area contributed by atoms with Crippen molar-refractivity contribution in [2.75, 3.05) is 4.90 Å². The highest BCUT2D eigenvalue weighted by Crippen LogP contribution is 2.42. The van der Waals surface area contributed by atoms with Gasteiger partial charge in [-0.1, -0.05) is 59.8 Å². The predicted octanol–water partition coefficient (Wildman–Crippen LogP) is 6.64. The fraction of sp³-hybridized carbons (Fsp3) is 0.0769. The molecule has 5 rings (SSSR count). The molecule has 1 aliphatic heterocycles. The monoisotopic (exact) mass is 490 g/mol. The Morgan fingerprint density at radius 2 is 1.76 bits per heavy atom. The number of nitrogens with one attached hydrogen (secondary N) is 1. The van der Waals surface area contributed by atoms with Crippen molar-refractivity contribution in [2.45, 2.75) is 22.9 Å². The summed E-state index contributed by atoms with van der Waals surface area (Å²) in [5, 5.41) is 5.55. The summed E-state index contributed by atoms with van der Waals surface area (Å²) in [6, 6.07) is 24.5. The van der Waals surface area contributed by atoms with E-state index in [-0.39, 0.29) is 11.8 Å². The third kappa shape index (κ3) is 4.55. The van der Waals surface area contributed by atoms with Gasteiger partial charge < -0.3 is 10.2 Å². The molecule has 33 heavy (non-hydrogen) atoms. The van der Waals surface area contributed by atoms with Crippen LogP contribution >= 0.6 is 34.7 Å². The van der Waals surface area contributed by atoms with E-state index < -0.39 is 0 Å². The Labute approximate surface area is 205 Å². The van der Waals surface area contributed by atoms with Gasteiger partial charge in [-0.3, -0.25) is 9.59 Å². The minimum atomic E-state index is -0.178. The first-order chi connectivity index (χ1) is 16.1. The number of fused-ring (bicyclic) bond motifs is 2. The van der Waals surface area contributed by atoms with Crippen LogP contribution in [-0.4, -0.2) is 11.8 Å². The van der Waals surface area contributed by atoms with Gasteiger partial charge in [0.05, 0.1) is 24.3 Å². The van der Waals surface area contributed by atoms with Gasteiger partial charge in [0, 0.05) is 25.3 Å². The highest BCUT2D eigenvalue weighted by Gasteiger charge is 2.28. The number of benzene rings is 3. The highest BCUT2D eigenvalue weighted by molar-refractivity contribution is 7.99. The molecule has 0 spiro atoms. The van der Waals surface area contributed by atoms with E-state index in [1.807, 2.05) is 78.2 Å². The van der Waals surface area contributed by atoms with Crippen molar-refractivity contribution >= 4 is 52.2 Å². The van der Waals surface area contributed by atoms with E-state index >= 15 is 0 Å². The molecule has 4 aromatic rings. The molecule has 7 heteroatoms. The van der Waals surface area contributed by atoms with Gasteiger partial charge in [-0.15, -0.1) is 11.3 Å². The lowest BCUT2D eigenvalue weighted by atomic mass is 10.1. The lowest BCUT2D eigenvalue weighted by Gasteiger charge is -2.24. The summed E-state index contributed by atoms with van der Waals surface area (Å²) in [5.41, 5.74) is 2.68. The van der Waals surface area contributed by atoms with Gasteiger partial charge >= 0.3 is 0 Å². The average molecular weight is 491 g/mol. The lowest BCUT2D eigenvalue weighted by molar-refractivity contribution is 0.0947. The van der Waals surface area contributed by atoms with Crippen LogP contribution in [-0.2, 0) is 13.1 Å². The molecule has 0 atom stereocenters. The maximum Gasteiger partial charge on any atom is 0.259 e. The second-order valence-corrected chi connectivity index (χ2v) is 10.0. The van der Waals surface area contributed by atoms with Gasteiger partial charge in [-0.05, 0) is 53.4 Å². The molecule has 0 radical (unpaired) electrons. The number of rotatable bonds is 5. The van der Waals surface area contributed by atoms with E-state index in [0.717, 1.165) is 20.2 Å². The molecule has 2 heterocycles. The number of nitrogens with zero attached hydrogens (tertiary/aromatic N) is 1. The van der Waals surface area contributed by atoms with Gasteiger partial charge in [0.25, 0.3) is 11.8 Å². The molecule has 0 unspecified atom stereocenters. The quantitative estimate of drug-likeness (QED) is 0.341. The van der Waals surface area contributed by atoms with Gasteiger partial charge in [0.1, 0.15) is 0 Å². The van der Waals surface area contributed by atoms with Crippen LogP contribution in [0.3, 0.4) is 0 Å². The zero-order valence-electron chi connectivity index (χ0n) is 17.5. The number of hydrogen-bond acceptors (Lipinski definition) is 4. The fourth-order valence-corrected chi connectivity index (χ4v) is 5.60. The first kappa shape index (κ1) is 21.8. The number of thiophene rings is 1. The van der Waals surface area contributed by atoms with Crippen LogP contribution in [0.2, 0.25) is 5.02 Å². The van der Waals surface area contributed by atoms with Crippen LogP contribution in [0.4, 0.5) is 5.69 Å². The second kappa shape index (κ2) is 9.43. The van der Waals surface area contributed by atoms with Crippen LogP contribution in [0.15, 0.2) is 94.0 Å². The third-order valence-corrected chi connectivity index (χ3v) is 7.77. The molecule has 0 saturated heterocycles. The predicted molar refractivity (Wildman–Crippen MR) is 134 cm³/mol. The largest absolute Gasteiger partial charge is 0.347 e. The van der Waals surface area contributed by atoms with E-state index in [0.29, 0.717) is 34.9 Å². The number of carbonyl (C=O) groups is 2. The lowest BCUT2D eigenvalue weighted by Crippen LogP contribution is -2.31. The number of anilines is 1. The molecular formula is C26H19ClN2O2S2. The van der Waals surface area contributed by atoms with Crippen molar-refractivity contribution in [3.63, 3.8) is 0 Å². The van der Waals surface area contributed by atoms with Gasteiger partial charge in [-0.25, -0.2) is 0 Å². The number of carbonyl (C=O) groups excluding carboxylic acids is 2. The Morgan fingerprint density at radius 3 is 2.58 bits per heavy atom. The molecular weight excluding hydrogens is 472 g/mol. The summed E-state index contributed by atoms with van der Waals surface area (Å²) in [6.07, 6.45) is 0. The summed E-state index contributed by atoms with van der Waals surface area (Å²) >= 11 is 9.56. The molecule has 2 amide bonds. The van der Waals surface area contributed by atoms with E-state index in [4.69, 9.17) is 11.6 Å². The summed E-state index contributed by atoms with van der Waals surface area (Å²) < 4.78 is 0. The highest BCUT2D eigenvalue weighted by atomic mass is 35.5. The van der Waals surface area contributed by atoms with Crippen molar-refractivity contribution in [2.24, 2.45) is 0 Å². The van der Waals surface area contributed by atoms with Crippen molar-refractivity contribution in [3.05, 3.63) is 111 Å². The molecule has 1 aliphatic rings. The van der Waals surface area contributed by atoms with E-state index in [1.165, 1.54) is 11.8 Å². The molecule has 164 valence electrons. The van der Waals surface area contributed by atoms with Crippen molar-refractivity contribution in [3.8, 4) is 0 Å². The smallest absolute Gasteiger partial charge is 0.259 e. The van der Waals surface area contributed by atoms with Crippen LogP contribution in [0.1, 0.15) is 31.2 Å². The van der Waals surface area contributed by atoms with Gasteiger partial charge in [0.2, 0.25) is 0 Å². The van der Waals surface area contributed by atoms with Crippen molar-refractivity contribution < 1.29 is 9.59 Å². The van der Waals surface area contributed by atoms with E-state index in [2.05, 4.69) is 5.32 Å². The molecule has 1 aromatic heterocycles. The molecule has 0 saturated carbocycles. The van der Waals surface area contributed by atoms with Gasteiger partial charge in [-0.2, -0.15) is 0 Å². The maximum atomic E-state index is 13.6. The average Bonchev–Trinajstić information content (AvgIpc) is 3.32. The first-order valence-electron chi connectivity index (χ1n) is 10.4. The molecule has 0 aliphatic carbocycles. The molecule has 0 bridgehead atoms. The number of amides is 2. The summed E-state index contributed by atoms with van der Waals surface area (Å²) in [7, 11) is 0. The summed E-state index contributed by atoms with van der Waals surface area (Å²) in [5.74, 6) is -0.295. The Morgan fingerprint density at radius 1 is 0.939 bits per heavy atom. The molecule has 0 fully saturated rings. The van der Waals surface area contributed by atoms with Gasteiger partial charge in [0.15, 0.2) is 0 Å². The number of hydrogen-bond donors (Lipinski definition) is 1. The Bertz CT molecular complexity index is 1340. The fourth-order valence-electron chi connectivity index (χ4n) is 3.70. The Kier molecular flexibility index (Phi) is 6.22. The Hall–Kier alpha value is -3.06. The Balaban J connectivity index is 1.53. The first-order valence-corrected chi connectivity index (χ1v) is 12.4. The maximum absolute atomic E-state index is 13.6. The molecule has 3 aromatic carbocycles. The third-order valence-electron chi connectivity index (χ3n) is 5.38. The SMILES string of the molecule is O=C(NCc1cccs1)c1ccc2c(c1)N(Cc1ccccc1Cl)C(=O)c1ccccc1S2. The van der Waals surface area contributed by atoms with E-state index in [1.54, 1.807) is 22.3 Å².